The molecule has 6 nitrogen and oxygen atoms in total. The highest BCUT2D eigenvalue weighted by Crippen LogP contribution is 2.41. The van der Waals surface area contributed by atoms with E-state index in [9.17, 15) is 5.26 Å². The third-order valence-electron chi connectivity index (χ3n) is 6.40. The molecular weight excluding hydrogens is 468 g/mol. The van der Waals surface area contributed by atoms with E-state index in [1.807, 2.05) is 69.9 Å². The number of benzene rings is 3. The lowest BCUT2D eigenvalue weighted by atomic mass is 9.77. The molecule has 0 bridgehead atoms. The first-order chi connectivity index (χ1) is 17.7. The molecule has 6 rings (SSSR count). The fourth-order valence-corrected chi connectivity index (χ4v) is 5.03. The van der Waals surface area contributed by atoms with Gasteiger partial charge in [-0.1, -0.05) is 103 Å². The standard InChI is InChI=1S/C29H19ClN6/c30-27-28-33-19-26(35(28)17-16-32-27)24-20-36(34-25(24)18-31)29(21-10-4-1-5-11-21,22-12-6-2-7-13-22)23-14-8-3-9-15-23/h1-17,19-20H. The molecule has 0 N–H and O–H groups in total. The van der Waals surface area contributed by atoms with Crippen molar-refractivity contribution in [2.75, 3.05) is 0 Å². The summed E-state index contributed by atoms with van der Waals surface area (Å²) in [6, 6.07) is 32.9. The smallest absolute Gasteiger partial charge is 0.175 e. The van der Waals surface area contributed by atoms with Gasteiger partial charge in [0, 0.05) is 18.6 Å². The average Bonchev–Trinajstić information content (AvgIpc) is 3.56. The highest BCUT2D eigenvalue weighted by molar-refractivity contribution is 6.32. The molecule has 0 unspecified atom stereocenters. The van der Waals surface area contributed by atoms with Gasteiger partial charge in [-0.25, -0.2) is 9.97 Å². The van der Waals surface area contributed by atoms with Gasteiger partial charge in [-0.05, 0) is 16.7 Å². The van der Waals surface area contributed by atoms with Crippen molar-refractivity contribution in [1.82, 2.24) is 24.1 Å². The molecule has 3 aromatic heterocycles. The summed E-state index contributed by atoms with van der Waals surface area (Å²) in [5.74, 6) is 0. The quantitative estimate of drug-likeness (QED) is 0.282. The maximum Gasteiger partial charge on any atom is 0.175 e. The summed E-state index contributed by atoms with van der Waals surface area (Å²) in [6.07, 6.45) is 7.00. The topological polar surface area (TPSA) is 71.8 Å². The van der Waals surface area contributed by atoms with Gasteiger partial charge in [-0.2, -0.15) is 10.4 Å². The zero-order valence-corrected chi connectivity index (χ0v) is 19.8. The summed E-state index contributed by atoms with van der Waals surface area (Å²) in [6.45, 7) is 0. The molecule has 0 saturated heterocycles. The van der Waals surface area contributed by atoms with Crippen LogP contribution in [-0.2, 0) is 5.54 Å². The van der Waals surface area contributed by atoms with E-state index in [0.29, 0.717) is 22.1 Å². The lowest BCUT2D eigenvalue weighted by Gasteiger charge is -2.36. The van der Waals surface area contributed by atoms with Crippen molar-refractivity contribution in [1.29, 1.82) is 5.26 Å². The van der Waals surface area contributed by atoms with Gasteiger partial charge in [0.25, 0.3) is 0 Å². The van der Waals surface area contributed by atoms with Crippen LogP contribution in [-0.4, -0.2) is 24.1 Å². The molecule has 172 valence electrons. The van der Waals surface area contributed by atoms with E-state index >= 15 is 0 Å². The molecule has 36 heavy (non-hydrogen) atoms. The average molecular weight is 487 g/mol. The molecule has 3 heterocycles. The molecule has 3 aromatic carbocycles. The van der Waals surface area contributed by atoms with Crippen molar-refractivity contribution in [2.45, 2.75) is 5.54 Å². The largest absolute Gasteiger partial charge is 0.295 e. The zero-order valence-electron chi connectivity index (χ0n) is 19.0. The molecule has 0 radical (unpaired) electrons. The van der Waals surface area contributed by atoms with Crippen LogP contribution in [0.15, 0.2) is 116 Å². The van der Waals surface area contributed by atoms with Crippen molar-refractivity contribution in [3.05, 3.63) is 143 Å². The fourth-order valence-electron chi connectivity index (χ4n) is 4.84. The Balaban J connectivity index is 1.70. The highest BCUT2D eigenvalue weighted by Gasteiger charge is 2.40. The lowest BCUT2D eigenvalue weighted by Crippen LogP contribution is -2.38. The van der Waals surface area contributed by atoms with Gasteiger partial charge in [0.1, 0.15) is 11.6 Å². The lowest BCUT2D eigenvalue weighted by molar-refractivity contribution is 0.459. The van der Waals surface area contributed by atoms with Crippen LogP contribution in [0.1, 0.15) is 22.4 Å². The van der Waals surface area contributed by atoms with Gasteiger partial charge in [0.05, 0.1) is 17.5 Å². The molecule has 0 aliphatic rings. The summed E-state index contributed by atoms with van der Waals surface area (Å²) >= 11 is 6.27. The minimum absolute atomic E-state index is 0.289. The second-order valence-electron chi connectivity index (χ2n) is 8.31. The van der Waals surface area contributed by atoms with Crippen LogP contribution < -0.4 is 0 Å². The van der Waals surface area contributed by atoms with Gasteiger partial charge in [-0.3, -0.25) is 9.08 Å². The number of rotatable bonds is 5. The molecule has 0 spiro atoms. The minimum atomic E-state index is -0.826. The maximum atomic E-state index is 10.1. The predicted molar refractivity (Wildman–Crippen MR) is 139 cm³/mol. The summed E-state index contributed by atoms with van der Waals surface area (Å²) < 4.78 is 3.72. The first-order valence-electron chi connectivity index (χ1n) is 11.4. The van der Waals surface area contributed by atoms with Crippen molar-refractivity contribution < 1.29 is 0 Å². The van der Waals surface area contributed by atoms with E-state index in [2.05, 4.69) is 52.4 Å². The van der Waals surface area contributed by atoms with Crippen LogP contribution in [0.3, 0.4) is 0 Å². The fraction of sp³-hybridized carbons (Fsp3) is 0.0345. The summed E-state index contributed by atoms with van der Waals surface area (Å²) in [5, 5.41) is 15.3. The van der Waals surface area contributed by atoms with Crippen molar-refractivity contribution in [3.8, 4) is 17.3 Å². The first-order valence-corrected chi connectivity index (χ1v) is 11.8. The summed E-state index contributed by atoms with van der Waals surface area (Å²) in [4.78, 5) is 8.55. The molecule has 0 aliphatic carbocycles. The SMILES string of the molecule is N#Cc1nn(C(c2ccccc2)(c2ccccc2)c2ccccc2)cc1-c1cnc2c(Cl)nccn12. The third kappa shape index (κ3) is 3.29. The predicted octanol–water partition coefficient (Wildman–Crippen LogP) is 5.96. The monoisotopic (exact) mass is 486 g/mol. The van der Waals surface area contributed by atoms with Gasteiger partial charge in [0.2, 0.25) is 0 Å². The van der Waals surface area contributed by atoms with Crippen LogP contribution in [0.2, 0.25) is 5.15 Å². The van der Waals surface area contributed by atoms with Crippen LogP contribution in [0, 0.1) is 11.3 Å². The molecule has 6 aromatic rings. The van der Waals surface area contributed by atoms with Crippen molar-refractivity contribution in [2.24, 2.45) is 0 Å². The number of halogens is 1. The van der Waals surface area contributed by atoms with E-state index in [0.717, 1.165) is 16.7 Å². The Morgan fingerprint density at radius 3 is 1.86 bits per heavy atom. The Labute approximate surface area is 212 Å². The Kier molecular flexibility index (Phi) is 5.33. The Hall–Kier alpha value is -4.73. The third-order valence-corrected chi connectivity index (χ3v) is 6.67. The number of nitriles is 1. The van der Waals surface area contributed by atoms with E-state index in [4.69, 9.17) is 16.7 Å². The summed E-state index contributed by atoms with van der Waals surface area (Å²) in [7, 11) is 0. The Bertz CT molecular complexity index is 1600. The molecular formula is C29H19ClN6. The molecule has 0 atom stereocenters. The molecule has 7 heteroatoms. The van der Waals surface area contributed by atoms with Crippen molar-refractivity contribution >= 4 is 17.2 Å². The van der Waals surface area contributed by atoms with Crippen LogP contribution in [0.25, 0.3) is 16.9 Å². The van der Waals surface area contributed by atoms with Gasteiger partial charge < -0.3 is 0 Å². The van der Waals surface area contributed by atoms with Gasteiger partial charge in [0.15, 0.2) is 16.5 Å². The van der Waals surface area contributed by atoms with Gasteiger partial charge in [-0.15, -0.1) is 0 Å². The minimum Gasteiger partial charge on any atom is -0.295 e. The second-order valence-corrected chi connectivity index (χ2v) is 8.67. The second kappa shape index (κ2) is 8.81. The maximum absolute atomic E-state index is 10.1. The Morgan fingerprint density at radius 1 is 0.778 bits per heavy atom. The van der Waals surface area contributed by atoms with Crippen molar-refractivity contribution in [3.63, 3.8) is 0 Å². The van der Waals surface area contributed by atoms with Gasteiger partial charge >= 0.3 is 0 Å². The molecule has 0 amide bonds. The van der Waals surface area contributed by atoms with Crippen LogP contribution in [0.5, 0.6) is 0 Å². The number of hydrogen-bond donors (Lipinski definition) is 0. The van der Waals surface area contributed by atoms with Crippen LogP contribution in [0.4, 0.5) is 0 Å². The van der Waals surface area contributed by atoms with Crippen LogP contribution >= 0.6 is 11.6 Å². The number of nitrogens with zero attached hydrogens (tertiary/aromatic N) is 6. The molecule has 0 fully saturated rings. The number of fused-ring (bicyclic) bond motifs is 1. The number of aromatic nitrogens is 5. The number of imidazole rings is 1. The zero-order chi connectivity index (χ0) is 24.5. The molecule has 0 saturated carbocycles. The molecule has 0 aliphatic heterocycles. The van der Waals surface area contributed by atoms with E-state index in [1.54, 1.807) is 18.6 Å². The van der Waals surface area contributed by atoms with E-state index in [1.165, 1.54) is 0 Å². The highest BCUT2D eigenvalue weighted by atomic mass is 35.5. The Morgan fingerprint density at radius 2 is 1.33 bits per heavy atom. The van der Waals surface area contributed by atoms with E-state index in [-0.39, 0.29) is 5.69 Å². The summed E-state index contributed by atoms with van der Waals surface area (Å²) in [5.41, 5.74) is 4.40. The number of hydrogen-bond acceptors (Lipinski definition) is 4. The van der Waals surface area contributed by atoms with E-state index < -0.39 is 5.54 Å². The normalized spacial score (nSPS) is 11.4. The first kappa shape index (κ1) is 21.8.